The third-order valence-corrected chi connectivity index (χ3v) is 5.62. The van der Waals surface area contributed by atoms with Crippen molar-refractivity contribution < 1.29 is 23.8 Å². The normalized spacial score (nSPS) is 10.8. The van der Waals surface area contributed by atoms with E-state index in [1.165, 1.54) is 17.4 Å². The number of esters is 1. The van der Waals surface area contributed by atoms with Gasteiger partial charge in [0.2, 0.25) is 5.91 Å². The molecule has 1 amide bonds. The average molecular weight is 452 g/mol. The number of methoxy groups -OCH3 is 2. The summed E-state index contributed by atoms with van der Waals surface area (Å²) in [7, 11) is 3.13. The van der Waals surface area contributed by atoms with Gasteiger partial charge >= 0.3 is 5.97 Å². The molecular formula is C25H25NO5S. The highest BCUT2D eigenvalue weighted by molar-refractivity contribution is 7.15. The predicted octanol–water partition coefficient (Wildman–Crippen LogP) is 5.57. The second-order valence-corrected chi connectivity index (χ2v) is 7.75. The Morgan fingerprint density at radius 3 is 2.47 bits per heavy atom. The molecule has 0 saturated heterocycles. The minimum absolute atomic E-state index is 0.241. The molecule has 0 spiro atoms. The standard InChI is InChI=1S/C25H25NO5S/c1-5-31-25(28)23-20(17-8-6-16(2)7-9-17)15-32-24(23)26-22(27)13-10-18-14-19(29-3)11-12-21(18)30-4/h6-15H,5H2,1-4H3,(H,26,27)/b13-10+. The van der Waals surface area contributed by atoms with Crippen LogP contribution in [0.2, 0.25) is 0 Å². The van der Waals surface area contributed by atoms with Crippen molar-refractivity contribution in [1.29, 1.82) is 0 Å². The average Bonchev–Trinajstić information content (AvgIpc) is 3.21. The van der Waals surface area contributed by atoms with Crippen molar-refractivity contribution in [3.63, 3.8) is 0 Å². The number of anilines is 1. The van der Waals surface area contributed by atoms with Gasteiger partial charge in [-0.05, 0) is 43.7 Å². The first-order valence-electron chi connectivity index (χ1n) is 10.0. The molecule has 3 aromatic rings. The fraction of sp³-hybridized carbons (Fsp3) is 0.200. The molecule has 0 saturated carbocycles. The van der Waals surface area contributed by atoms with Gasteiger partial charge in [-0.1, -0.05) is 29.8 Å². The first-order valence-corrected chi connectivity index (χ1v) is 10.9. The Kier molecular flexibility index (Phi) is 7.68. The van der Waals surface area contributed by atoms with Gasteiger partial charge in [-0.25, -0.2) is 4.79 Å². The highest BCUT2D eigenvalue weighted by Crippen LogP contribution is 2.36. The molecule has 1 heterocycles. The number of nitrogens with one attached hydrogen (secondary N) is 1. The molecule has 0 fully saturated rings. The zero-order chi connectivity index (χ0) is 23.1. The summed E-state index contributed by atoms with van der Waals surface area (Å²) in [6.45, 7) is 3.99. The Morgan fingerprint density at radius 2 is 1.81 bits per heavy atom. The highest BCUT2D eigenvalue weighted by atomic mass is 32.1. The smallest absolute Gasteiger partial charge is 0.341 e. The second kappa shape index (κ2) is 10.6. The van der Waals surface area contributed by atoms with Gasteiger partial charge in [0.1, 0.15) is 22.1 Å². The van der Waals surface area contributed by atoms with Crippen molar-refractivity contribution in [3.8, 4) is 22.6 Å². The maximum atomic E-state index is 12.7. The Labute approximate surface area is 191 Å². The van der Waals surface area contributed by atoms with Crippen molar-refractivity contribution in [2.24, 2.45) is 0 Å². The third kappa shape index (κ3) is 5.36. The second-order valence-electron chi connectivity index (χ2n) is 6.87. The highest BCUT2D eigenvalue weighted by Gasteiger charge is 2.22. The van der Waals surface area contributed by atoms with Crippen molar-refractivity contribution in [3.05, 3.63) is 70.6 Å². The lowest BCUT2D eigenvalue weighted by molar-refractivity contribution is -0.111. The molecule has 0 aliphatic carbocycles. The van der Waals surface area contributed by atoms with E-state index in [-0.39, 0.29) is 12.5 Å². The Bertz CT molecular complexity index is 1130. The number of amides is 1. The van der Waals surface area contributed by atoms with Crippen LogP contribution in [-0.2, 0) is 9.53 Å². The van der Waals surface area contributed by atoms with Crippen molar-refractivity contribution in [1.82, 2.24) is 0 Å². The van der Waals surface area contributed by atoms with Crippen LogP contribution < -0.4 is 14.8 Å². The molecule has 1 N–H and O–H groups in total. The first kappa shape index (κ1) is 23.1. The molecular weight excluding hydrogens is 426 g/mol. The molecule has 0 aliphatic rings. The van der Waals surface area contributed by atoms with Crippen LogP contribution in [0.1, 0.15) is 28.4 Å². The van der Waals surface area contributed by atoms with Crippen LogP contribution in [0.3, 0.4) is 0 Å². The number of carbonyl (C=O) groups is 2. The van der Waals surface area contributed by atoms with Gasteiger partial charge in [0.05, 0.1) is 20.8 Å². The van der Waals surface area contributed by atoms with E-state index in [2.05, 4.69) is 5.32 Å². The Morgan fingerprint density at radius 1 is 1.06 bits per heavy atom. The summed E-state index contributed by atoms with van der Waals surface area (Å²) >= 11 is 1.28. The molecule has 0 atom stereocenters. The zero-order valence-corrected chi connectivity index (χ0v) is 19.2. The molecule has 0 aliphatic heterocycles. The molecule has 0 bridgehead atoms. The number of ether oxygens (including phenoxy) is 3. The van der Waals surface area contributed by atoms with E-state index >= 15 is 0 Å². The molecule has 0 radical (unpaired) electrons. The minimum atomic E-state index is -0.474. The Balaban J connectivity index is 1.88. The van der Waals surface area contributed by atoms with E-state index in [4.69, 9.17) is 14.2 Å². The summed E-state index contributed by atoms with van der Waals surface area (Å²) in [5, 5.41) is 5.09. The zero-order valence-electron chi connectivity index (χ0n) is 18.4. The predicted molar refractivity (Wildman–Crippen MR) is 128 cm³/mol. The molecule has 2 aromatic carbocycles. The molecule has 7 heteroatoms. The summed E-state index contributed by atoms with van der Waals surface area (Å²) in [6, 6.07) is 13.2. The summed E-state index contributed by atoms with van der Waals surface area (Å²) in [5.41, 5.74) is 3.77. The van der Waals surface area contributed by atoms with E-state index in [1.807, 2.05) is 36.6 Å². The summed E-state index contributed by atoms with van der Waals surface area (Å²) in [4.78, 5) is 25.3. The van der Waals surface area contributed by atoms with Crippen molar-refractivity contribution in [2.45, 2.75) is 13.8 Å². The number of carbonyl (C=O) groups excluding carboxylic acids is 2. The van der Waals surface area contributed by atoms with Crippen LogP contribution in [0.25, 0.3) is 17.2 Å². The summed E-state index contributed by atoms with van der Waals surface area (Å²) in [5.74, 6) is 0.409. The van der Waals surface area contributed by atoms with Gasteiger partial charge in [-0.15, -0.1) is 11.3 Å². The topological polar surface area (TPSA) is 73.9 Å². The van der Waals surface area contributed by atoms with Crippen LogP contribution in [0.5, 0.6) is 11.5 Å². The molecule has 32 heavy (non-hydrogen) atoms. The lowest BCUT2D eigenvalue weighted by Gasteiger charge is -2.09. The van der Waals surface area contributed by atoms with E-state index in [0.717, 1.165) is 16.7 Å². The molecule has 6 nitrogen and oxygen atoms in total. The molecule has 1 aromatic heterocycles. The first-order chi connectivity index (χ1) is 15.5. The lowest BCUT2D eigenvalue weighted by atomic mass is 10.0. The number of aryl methyl sites for hydroxylation is 1. The molecule has 3 rings (SSSR count). The fourth-order valence-electron chi connectivity index (χ4n) is 3.09. The van der Waals surface area contributed by atoms with Gasteiger partial charge in [0.15, 0.2) is 0 Å². The fourth-order valence-corrected chi connectivity index (χ4v) is 4.05. The third-order valence-electron chi connectivity index (χ3n) is 4.72. The maximum Gasteiger partial charge on any atom is 0.341 e. The summed E-state index contributed by atoms with van der Waals surface area (Å²) < 4.78 is 15.8. The van der Waals surface area contributed by atoms with Crippen molar-refractivity contribution in [2.75, 3.05) is 26.1 Å². The maximum absolute atomic E-state index is 12.7. The van der Waals surface area contributed by atoms with Crippen molar-refractivity contribution >= 4 is 34.3 Å². The molecule has 166 valence electrons. The number of rotatable bonds is 8. The number of hydrogen-bond acceptors (Lipinski definition) is 6. The quantitative estimate of drug-likeness (QED) is 0.358. The molecule has 0 unspecified atom stereocenters. The van der Waals surface area contributed by atoms with Gasteiger partial charge in [-0.3, -0.25) is 4.79 Å². The van der Waals surface area contributed by atoms with Crippen LogP contribution in [0, 0.1) is 6.92 Å². The van der Waals surface area contributed by atoms with Gasteiger partial charge in [0, 0.05) is 22.6 Å². The van der Waals surface area contributed by atoms with E-state index in [1.54, 1.807) is 45.4 Å². The largest absolute Gasteiger partial charge is 0.497 e. The van der Waals surface area contributed by atoms with Gasteiger partial charge < -0.3 is 19.5 Å². The van der Waals surface area contributed by atoms with Gasteiger partial charge in [0.25, 0.3) is 0 Å². The SMILES string of the molecule is CCOC(=O)c1c(-c2ccc(C)cc2)csc1NC(=O)/C=C/c1cc(OC)ccc1OC. The van der Waals surface area contributed by atoms with E-state index < -0.39 is 5.97 Å². The van der Waals surface area contributed by atoms with Crippen LogP contribution in [0.4, 0.5) is 5.00 Å². The van der Waals surface area contributed by atoms with E-state index in [0.29, 0.717) is 27.6 Å². The number of benzene rings is 2. The number of thiophene rings is 1. The minimum Gasteiger partial charge on any atom is -0.497 e. The Hall–Kier alpha value is -3.58. The van der Waals surface area contributed by atoms with E-state index in [9.17, 15) is 9.59 Å². The van der Waals surface area contributed by atoms with Crippen LogP contribution >= 0.6 is 11.3 Å². The van der Waals surface area contributed by atoms with Crippen LogP contribution in [0.15, 0.2) is 53.9 Å². The van der Waals surface area contributed by atoms with Crippen LogP contribution in [-0.4, -0.2) is 32.7 Å². The van der Waals surface area contributed by atoms with Gasteiger partial charge in [-0.2, -0.15) is 0 Å². The monoisotopic (exact) mass is 451 g/mol. The number of hydrogen-bond donors (Lipinski definition) is 1. The summed E-state index contributed by atoms with van der Waals surface area (Å²) in [6.07, 6.45) is 3.02. The lowest BCUT2D eigenvalue weighted by Crippen LogP contribution is -2.12.